The molecule has 1 aromatic carbocycles. The smallest absolute Gasteiger partial charge is 0.258 e. The van der Waals surface area contributed by atoms with Crippen molar-refractivity contribution in [3.63, 3.8) is 0 Å². The highest BCUT2D eigenvalue weighted by atomic mass is 19.1. The zero-order valence-electron chi connectivity index (χ0n) is 14.5. The third-order valence-corrected chi connectivity index (χ3v) is 4.06. The summed E-state index contributed by atoms with van der Waals surface area (Å²) in [5, 5.41) is 2.72. The maximum Gasteiger partial charge on any atom is 0.258 e. The Morgan fingerprint density at radius 1 is 1.32 bits per heavy atom. The van der Waals surface area contributed by atoms with Crippen LogP contribution in [-0.2, 0) is 0 Å². The molecule has 0 atom stereocenters. The number of anilines is 1. The van der Waals surface area contributed by atoms with Crippen molar-refractivity contribution in [1.82, 2.24) is 9.88 Å². The molecular weight excluding hydrogens is 321 g/mol. The van der Waals surface area contributed by atoms with Gasteiger partial charge in [-0.1, -0.05) is 6.07 Å². The molecular formula is C19H22FN3O2. The Morgan fingerprint density at radius 2 is 2.12 bits per heavy atom. The summed E-state index contributed by atoms with van der Waals surface area (Å²) >= 11 is 0. The van der Waals surface area contributed by atoms with Crippen LogP contribution in [0, 0.1) is 5.82 Å². The number of carbonyl (C=O) groups is 1. The number of carbonyl (C=O) groups excluding carboxylic acids is 1. The Bertz CT molecular complexity index is 760. The van der Waals surface area contributed by atoms with Gasteiger partial charge in [-0.15, -0.1) is 0 Å². The Kier molecular flexibility index (Phi) is 5.28. The van der Waals surface area contributed by atoms with E-state index in [1.54, 1.807) is 30.5 Å². The summed E-state index contributed by atoms with van der Waals surface area (Å²) in [5.74, 6) is -0.0968. The van der Waals surface area contributed by atoms with Crippen LogP contribution in [0.1, 0.15) is 34.7 Å². The number of hydrogen-bond donors (Lipinski definition) is 1. The summed E-state index contributed by atoms with van der Waals surface area (Å²) in [4.78, 5) is 18.5. The molecule has 1 aromatic heterocycles. The predicted molar refractivity (Wildman–Crippen MR) is 94.6 cm³/mol. The number of nitrogens with one attached hydrogen (secondary N) is 1. The van der Waals surface area contributed by atoms with Gasteiger partial charge in [-0.2, -0.15) is 0 Å². The summed E-state index contributed by atoms with van der Waals surface area (Å²) in [6.45, 7) is 1.26. The van der Waals surface area contributed by atoms with Crippen LogP contribution in [0.15, 0.2) is 36.5 Å². The monoisotopic (exact) mass is 343 g/mol. The fraction of sp³-hybridized carbons (Fsp3) is 0.368. The fourth-order valence-electron chi connectivity index (χ4n) is 2.48. The number of ether oxygens (including phenoxy) is 1. The van der Waals surface area contributed by atoms with Crippen LogP contribution in [0.2, 0.25) is 0 Å². The molecule has 0 unspecified atom stereocenters. The first kappa shape index (κ1) is 17.4. The molecule has 6 heteroatoms. The molecule has 1 fully saturated rings. The lowest BCUT2D eigenvalue weighted by atomic mass is 10.1. The Hall–Kier alpha value is -2.47. The van der Waals surface area contributed by atoms with Gasteiger partial charge in [0.2, 0.25) is 5.88 Å². The molecule has 1 N–H and O–H groups in total. The number of benzene rings is 1. The lowest BCUT2D eigenvalue weighted by Crippen LogP contribution is -2.19. The van der Waals surface area contributed by atoms with Crippen LogP contribution >= 0.6 is 0 Å². The maximum absolute atomic E-state index is 14.0. The van der Waals surface area contributed by atoms with Gasteiger partial charge in [0.05, 0.1) is 5.56 Å². The minimum absolute atomic E-state index is 0.0660. The predicted octanol–water partition coefficient (Wildman–Crippen LogP) is 3.29. The quantitative estimate of drug-likeness (QED) is 0.838. The second-order valence-electron chi connectivity index (χ2n) is 6.50. The van der Waals surface area contributed by atoms with Crippen molar-refractivity contribution in [2.24, 2.45) is 0 Å². The van der Waals surface area contributed by atoms with Crippen molar-refractivity contribution >= 4 is 11.6 Å². The molecule has 0 radical (unpaired) electrons. The number of amides is 1. The van der Waals surface area contributed by atoms with E-state index in [0.717, 1.165) is 24.9 Å². The molecule has 5 nitrogen and oxygen atoms in total. The maximum atomic E-state index is 14.0. The molecule has 0 aliphatic heterocycles. The van der Waals surface area contributed by atoms with Crippen molar-refractivity contribution in [3.05, 3.63) is 53.5 Å². The second kappa shape index (κ2) is 7.61. The number of rotatable bonds is 7. The van der Waals surface area contributed by atoms with E-state index in [1.807, 2.05) is 19.0 Å². The molecule has 1 saturated carbocycles. The highest BCUT2D eigenvalue weighted by molar-refractivity contribution is 6.04. The van der Waals surface area contributed by atoms with Gasteiger partial charge in [0, 0.05) is 24.5 Å². The molecule has 1 heterocycles. The Balaban J connectivity index is 1.67. The molecule has 3 rings (SSSR count). The number of aromatic nitrogens is 1. The number of pyridine rings is 1. The van der Waals surface area contributed by atoms with Gasteiger partial charge in [0.15, 0.2) is 0 Å². The summed E-state index contributed by atoms with van der Waals surface area (Å²) in [6, 6.07) is 8.06. The van der Waals surface area contributed by atoms with Crippen LogP contribution in [-0.4, -0.2) is 43.0 Å². The first-order valence-corrected chi connectivity index (χ1v) is 8.37. The zero-order chi connectivity index (χ0) is 17.8. The van der Waals surface area contributed by atoms with Crippen LogP contribution in [0.25, 0.3) is 0 Å². The van der Waals surface area contributed by atoms with E-state index in [-0.39, 0.29) is 5.56 Å². The minimum atomic E-state index is -0.515. The summed E-state index contributed by atoms with van der Waals surface area (Å²) in [6.07, 6.45) is 3.76. The zero-order valence-corrected chi connectivity index (χ0v) is 14.5. The lowest BCUT2D eigenvalue weighted by Gasteiger charge is -2.11. The second-order valence-corrected chi connectivity index (χ2v) is 6.50. The first-order valence-electron chi connectivity index (χ1n) is 8.37. The van der Waals surface area contributed by atoms with E-state index < -0.39 is 11.7 Å². The van der Waals surface area contributed by atoms with Crippen molar-refractivity contribution < 1.29 is 13.9 Å². The van der Waals surface area contributed by atoms with Crippen molar-refractivity contribution in [3.8, 4) is 5.88 Å². The molecule has 2 aromatic rings. The van der Waals surface area contributed by atoms with Crippen LogP contribution in [0.5, 0.6) is 5.88 Å². The first-order chi connectivity index (χ1) is 12.0. The molecule has 1 aliphatic carbocycles. The molecule has 132 valence electrons. The Morgan fingerprint density at radius 3 is 2.84 bits per heavy atom. The number of halogens is 1. The Labute approximate surface area is 146 Å². The number of nitrogens with zero attached hydrogens (tertiary/aromatic N) is 2. The van der Waals surface area contributed by atoms with Gasteiger partial charge in [0.25, 0.3) is 5.91 Å². The largest absolute Gasteiger partial charge is 0.476 e. The van der Waals surface area contributed by atoms with Crippen LogP contribution in [0.3, 0.4) is 0 Å². The van der Waals surface area contributed by atoms with Gasteiger partial charge in [-0.3, -0.25) is 4.79 Å². The van der Waals surface area contributed by atoms with Gasteiger partial charge in [-0.25, -0.2) is 9.37 Å². The number of hydrogen-bond acceptors (Lipinski definition) is 4. The van der Waals surface area contributed by atoms with Gasteiger partial charge in [-0.05, 0) is 56.6 Å². The third-order valence-electron chi connectivity index (χ3n) is 4.06. The summed E-state index contributed by atoms with van der Waals surface area (Å²) < 4.78 is 19.6. The van der Waals surface area contributed by atoms with E-state index in [0.29, 0.717) is 24.1 Å². The average molecular weight is 343 g/mol. The molecule has 25 heavy (non-hydrogen) atoms. The van der Waals surface area contributed by atoms with Gasteiger partial charge in [0.1, 0.15) is 12.4 Å². The molecule has 1 amide bonds. The van der Waals surface area contributed by atoms with E-state index in [4.69, 9.17) is 4.74 Å². The third kappa shape index (κ3) is 4.76. The van der Waals surface area contributed by atoms with E-state index in [9.17, 15) is 9.18 Å². The summed E-state index contributed by atoms with van der Waals surface area (Å²) in [7, 11) is 3.91. The van der Waals surface area contributed by atoms with E-state index in [2.05, 4.69) is 10.3 Å². The molecule has 1 aliphatic rings. The number of likely N-dealkylation sites (N-methyl/N-ethyl adjacent to an activating group) is 1. The van der Waals surface area contributed by atoms with Gasteiger partial charge < -0.3 is 15.0 Å². The SMILES string of the molecule is CN(C)CCOc1cc(NC(=O)c2cc(C3CC3)ccc2F)ccn1. The van der Waals surface area contributed by atoms with E-state index >= 15 is 0 Å². The lowest BCUT2D eigenvalue weighted by molar-refractivity contribution is 0.102. The normalized spacial score (nSPS) is 13.8. The van der Waals surface area contributed by atoms with Crippen LogP contribution < -0.4 is 10.1 Å². The molecule has 0 saturated heterocycles. The highest BCUT2D eigenvalue weighted by Gasteiger charge is 2.25. The minimum Gasteiger partial charge on any atom is -0.476 e. The summed E-state index contributed by atoms with van der Waals surface area (Å²) in [5.41, 5.74) is 1.61. The average Bonchev–Trinajstić information content (AvgIpc) is 3.40. The molecule has 0 spiro atoms. The van der Waals surface area contributed by atoms with Crippen molar-refractivity contribution in [1.29, 1.82) is 0 Å². The standard InChI is InChI=1S/C19H22FN3O2/c1-23(2)9-10-25-18-12-15(7-8-21-18)22-19(24)16-11-14(13-3-4-13)5-6-17(16)20/h5-8,11-13H,3-4,9-10H2,1-2H3,(H,21,22,24). The van der Waals surface area contributed by atoms with Crippen molar-refractivity contribution in [2.75, 3.05) is 32.6 Å². The van der Waals surface area contributed by atoms with Gasteiger partial charge >= 0.3 is 0 Å². The molecule has 0 bridgehead atoms. The topological polar surface area (TPSA) is 54.5 Å². The fourth-order valence-corrected chi connectivity index (χ4v) is 2.48. The highest BCUT2D eigenvalue weighted by Crippen LogP contribution is 2.40. The van der Waals surface area contributed by atoms with E-state index in [1.165, 1.54) is 6.07 Å². The van der Waals surface area contributed by atoms with Crippen LogP contribution in [0.4, 0.5) is 10.1 Å². The van der Waals surface area contributed by atoms with Crippen molar-refractivity contribution in [2.45, 2.75) is 18.8 Å².